The topological polar surface area (TPSA) is 50.6 Å². The number of hydrogen-bond donors (Lipinski definition) is 0. The van der Waals surface area contributed by atoms with Crippen LogP contribution in [0, 0.1) is 0 Å². The third-order valence-corrected chi connectivity index (χ3v) is 4.65. The molecule has 2 saturated heterocycles. The summed E-state index contributed by atoms with van der Waals surface area (Å²) < 4.78 is 7.65. The predicted octanol–water partition coefficient (Wildman–Crippen LogP) is 1.02. The Morgan fingerprint density at radius 3 is 2.73 bits per heavy atom. The molecule has 1 aromatic rings. The van der Waals surface area contributed by atoms with Gasteiger partial charge in [-0.05, 0) is 18.9 Å². The van der Waals surface area contributed by atoms with Crippen molar-refractivity contribution in [3.63, 3.8) is 0 Å². The second kappa shape index (κ2) is 7.24. The first-order chi connectivity index (χ1) is 10.7. The van der Waals surface area contributed by atoms with Gasteiger partial charge in [-0.15, -0.1) is 0 Å². The van der Waals surface area contributed by atoms with Crippen LogP contribution in [0.2, 0.25) is 0 Å². The summed E-state index contributed by atoms with van der Waals surface area (Å²) in [7, 11) is 1.95. The summed E-state index contributed by atoms with van der Waals surface area (Å²) in [6.07, 6.45) is 6.23. The van der Waals surface area contributed by atoms with E-state index in [0.717, 1.165) is 39.0 Å². The minimum atomic E-state index is -0.305. The highest BCUT2D eigenvalue weighted by atomic mass is 16.5. The zero-order valence-corrected chi connectivity index (χ0v) is 13.4. The maximum Gasteiger partial charge on any atom is 0.253 e. The Hall–Kier alpha value is -1.40. The van der Waals surface area contributed by atoms with Crippen LogP contribution >= 0.6 is 0 Å². The van der Waals surface area contributed by atoms with Crippen LogP contribution in [0.15, 0.2) is 12.3 Å². The largest absolute Gasteiger partial charge is 0.366 e. The molecule has 0 spiro atoms. The van der Waals surface area contributed by atoms with Crippen LogP contribution in [0.3, 0.4) is 0 Å². The van der Waals surface area contributed by atoms with E-state index in [1.165, 1.54) is 18.5 Å². The van der Waals surface area contributed by atoms with Gasteiger partial charge in [-0.2, -0.15) is 5.10 Å². The molecule has 22 heavy (non-hydrogen) atoms. The van der Waals surface area contributed by atoms with Gasteiger partial charge >= 0.3 is 0 Å². The van der Waals surface area contributed by atoms with Crippen molar-refractivity contribution in [2.24, 2.45) is 7.05 Å². The molecular formula is C16H26N4O2. The highest BCUT2D eigenvalue weighted by molar-refractivity contribution is 5.81. The average molecular weight is 306 g/mol. The minimum Gasteiger partial charge on any atom is -0.366 e. The molecule has 1 aromatic heterocycles. The van der Waals surface area contributed by atoms with Crippen LogP contribution in [0.25, 0.3) is 0 Å². The fourth-order valence-corrected chi connectivity index (χ4v) is 3.28. The number of carbonyl (C=O) groups excluding carboxylic acids is 1. The molecule has 122 valence electrons. The summed E-state index contributed by atoms with van der Waals surface area (Å²) in [4.78, 5) is 17.0. The minimum absolute atomic E-state index is 0.177. The van der Waals surface area contributed by atoms with Crippen molar-refractivity contribution in [3.8, 4) is 0 Å². The van der Waals surface area contributed by atoms with Crippen molar-refractivity contribution in [1.82, 2.24) is 19.6 Å². The van der Waals surface area contributed by atoms with E-state index in [2.05, 4.69) is 10.00 Å². The smallest absolute Gasteiger partial charge is 0.253 e. The van der Waals surface area contributed by atoms with Crippen molar-refractivity contribution >= 4 is 5.91 Å². The Labute approximate surface area is 132 Å². The molecule has 0 saturated carbocycles. The van der Waals surface area contributed by atoms with Gasteiger partial charge in [0.2, 0.25) is 0 Å². The van der Waals surface area contributed by atoms with Gasteiger partial charge in [0, 0.05) is 46.0 Å². The molecule has 1 amide bonds. The summed E-state index contributed by atoms with van der Waals surface area (Å²) in [5.74, 6) is 0.177. The van der Waals surface area contributed by atoms with E-state index in [0.29, 0.717) is 13.2 Å². The molecule has 2 fully saturated rings. The summed E-state index contributed by atoms with van der Waals surface area (Å²) in [5, 5.41) is 4.20. The summed E-state index contributed by atoms with van der Waals surface area (Å²) in [6, 6.07) is 2.03. The zero-order chi connectivity index (χ0) is 15.4. The summed E-state index contributed by atoms with van der Waals surface area (Å²) in [6.45, 7) is 4.78. The number of amides is 1. The number of likely N-dealkylation sites (tertiary alicyclic amines) is 1. The Kier molecular flexibility index (Phi) is 5.10. The van der Waals surface area contributed by atoms with Gasteiger partial charge in [0.25, 0.3) is 5.91 Å². The molecule has 3 rings (SSSR count). The maximum atomic E-state index is 12.7. The van der Waals surface area contributed by atoms with Crippen molar-refractivity contribution in [2.45, 2.75) is 38.3 Å². The van der Waals surface area contributed by atoms with Gasteiger partial charge in [-0.3, -0.25) is 14.4 Å². The van der Waals surface area contributed by atoms with Crippen LogP contribution in [0.1, 0.15) is 31.4 Å². The second-order valence-corrected chi connectivity index (χ2v) is 6.28. The number of aromatic nitrogens is 2. The van der Waals surface area contributed by atoms with E-state index in [4.69, 9.17) is 4.74 Å². The number of ether oxygens (including phenoxy) is 1. The highest BCUT2D eigenvalue weighted by Crippen LogP contribution is 2.15. The number of rotatable bonds is 3. The molecule has 0 N–H and O–H groups in total. The number of morpholine rings is 1. The highest BCUT2D eigenvalue weighted by Gasteiger charge is 2.30. The number of aryl methyl sites for hydroxylation is 1. The molecule has 6 nitrogen and oxygen atoms in total. The first-order valence-corrected chi connectivity index (χ1v) is 8.33. The normalized spacial score (nSPS) is 24.2. The second-order valence-electron chi connectivity index (χ2n) is 6.28. The van der Waals surface area contributed by atoms with E-state index >= 15 is 0 Å². The molecule has 6 heteroatoms. The number of nitrogens with zero attached hydrogens (tertiary/aromatic N) is 4. The first kappa shape index (κ1) is 15.5. The Bertz CT molecular complexity index is 494. The lowest BCUT2D eigenvalue weighted by molar-refractivity contribution is -0.149. The quantitative estimate of drug-likeness (QED) is 0.837. The van der Waals surface area contributed by atoms with Crippen LogP contribution in [0.4, 0.5) is 0 Å². The van der Waals surface area contributed by atoms with E-state index in [1.807, 2.05) is 28.9 Å². The van der Waals surface area contributed by atoms with Crippen molar-refractivity contribution < 1.29 is 9.53 Å². The molecule has 0 unspecified atom stereocenters. The van der Waals surface area contributed by atoms with Gasteiger partial charge in [0.05, 0.1) is 12.3 Å². The number of carbonyl (C=O) groups is 1. The molecule has 0 aliphatic carbocycles. The van der Waals surface area contributed by atoms with Gasteiger partial charge in [-0.1, -0.05) is 12.8 Å². The van der Waals surface area contributed by atoms with Gasteiger partial charge in [0.1, 0.15) is 6.10 Å². The Morgan fingerprint density at radius 2 is 2.05 bits per heavy atom. The fraction of sp³-hybridized carbons (Fsp3) is 0.750. The monoisotopic (exact) mass is 306 g/mol. The molecular weight excluding hydrogens is 280 g/mol. The van der Waals surface area contributed by atoms with E-state index in [-0.39, 0.29) is 12.0 Å². The molecule has 0 bridgehead atoms. The standard InChI is InChI=1S/C16H26N4O2/c1-18-14(6-7-17-18)12-19-10-11-22-15(13-19)16(21)20-8-4-2-3-5-9-20/h6-7,15H,2-5,8-13H2,1H3/t15-/m0/s1. The van der Waals surface area contributed by atoms with E-state index in [1.54, 1.807) is 0 Å². The molecule has 2 aliphatic heterocycles. The molecule has 0 aromatic carbocycles. The molecule has 3 heterocycles. The third kappa shape index (κ3) is 3.67. The van der Waals surface area contributed by atoms with Gasteiger partial charge in [-0.25, -0.2) is 0 Å². The van der Waals surface area contributed by atoms with Crippen LogP contribution in [-0.2, 0) is 23.1 Å². The number of hydrogen-bond acceptors (Lipinski definition) is 4. The Morgan fingerprint density at radius 1 is 1.27 bits per heavy atom. The van der Waals surface area contributed by atoms with E-state index < -0.39 is 0 Å². The van der Waals surface area contributed by atoms with E-state index in [9.17, 15) is 4.79 Å². The predicted molar refractivity (Wildman–Crippen MR) is 83.3 cm³/mol. The van der Waals surface area contributed by atoms with Crippen LogP contribution in [0.5, 0.6) is 0 Å². The first-order valence-electron chi connectivity index (χ1n) is 8.33. The lowest BCUT2D eigenvalue weighted by Gasteiger charge is -2.34. The summed E-state index contributed by atoms with van der Waals surface area (Å²) >= 11 is 0. The lowest BCUT2D eigenvalue weighted by atomic mass is 10.2. The molecule has 0 radical (unpaired) electrons. The lowest BCUT2D eigenvalue weighted by Crippen LogP contribution is -2.51. The molecule has 1 atom stereocenters. The van der Waals surface area contributed by atoms with Gasteiger partial charge in [0.15, 0.2) is 0 Å². The van der Waals surface area contributed by atoms with Gasteiger partial charge < -0.3 is 9.64 Å². The Balaban J connectivity index is 1.57. The third-order valence-electron chi connectivity index (χ3n) is 4.65. The van der Waals surface area contributed by atoms with Crippen molar-refractivity contribution in [1.29, 1.82) is 0 Å². The average Bonchev–Trinajstić information content (AvgIpc) is 2.79. The van der Waals surface area contributed by atoms with Crippen LogP contribution < -0.4 is 0 Å². The molecule has 2 aliphatic rings. The van der Waals surface area contributed by atoms with Crippen LogP contribution in [-0.4, -0.2) is 64.4 Å². The fourth-order valence-electron chi connectivity index (χ4n) is 3.28. The maximum absolute atomic E-state index is 12.7. The van der Waals surface area contributed by atoms with Crippen molar-refractivity contribution in [2.75, 3.05) is 32.8 Å². The van der Waals surface area contributed by atoms with Crippen molar-refractivity contribution in [3.05, 3.63) is 18.0 Å². The zero-order valence-electron chi connectivity index (χ0n) is 13.4. The summed E-state index contributed by atoms with van der Waals surface area (Å²) in [5.41, 5.74) is 1.17. The SMILES string of the molecule is Cn1nccc1CN1CCO[C@H](C(=O)N2CCCCCC2)C1.